The molecule has 0 fully saturated rings. The average Bonchev–Trinajstić information content (AvgIpc) is 2.43. The van der Waals surface area contributed by atoms with Crippen molar-refractivity contribution in [2.45, 2.75) is 6.92 Å². The molecule has 0 radical (unpaired) electrons. The maximum atomic E-state index is 13.4. The van der Waals surface area contributed by atoms with Gasteiger partial charge in [0.15, 0.2) is 0 Å². The summed E-state index contributed by atoms with van der Waals surface area (Å²) in [5.74, 6) is -1.11. The second kappa shape index (κ2) is 6.74. The molecule has 0 aromatic heterocycles. The van der Waals surface area contributed by atoms with Crippen LogP contribution in [0.15, 0.2) is 42.5 Å². The first-order valence-corrected chi connectivity index (χ1v) is 6.41. The van der Waals surface area contributed by atoms with Crippen LogP contribution < -0.4 is 9.47 Å². The van der Waals surface area contributed by atoms with E-state index in [0.29, 0.717) is 6.61 Å². The number of rotatable bonds is 6. The third kappa shape index (κ3) is 4.21. The number of ether oxygens (including phenoxy) is 2. The standard InChI is InChI=1S/C16H15FO4/c1-11-3-2-4-12(9-11)20-7-8-21-13-5-6-14(16(18)19)15(17)10-13/h2-6,9-10H,7-8H2,1H3,(H,18,19). The second-order valence-corrected chi connectivity index (χ2v) is 4.46. The maximum Gasteiger partial charge on any atom is 0.338 e. The van der Waals surface area contributed by atoms with Crippen LogP contribution >= 0.6 is 0 Å². The zero-order valence-corrected chi connectivity index (χ0v) is 11.5. The molecule has 0 amide bonds. The molecule has 21 heavy (non-hydrogen) atoms. The first-order chi connectivity index (χ1) is 10.1. The van der Waals surface area contributed by atoms with Gasteiger partial charge in [-0.25, -0.2) is 9.18 Å². The van der Waals surface area contributed by atoms with Crippen molar-refractivity contribution < 1.29 is 23.8 Å². The topological polar surface area (TPSA) is 55.8 Å². The van der Waals surface area contributed by atoms with Crippen LogP contribution in [0, 0.1) is 12.7 Å². The lowest BCUT2D eigenvalue weighted by atomic mass is 10.2. The fourth-order valence-electron chi connectivity index (χ4n) is 1.78. The van der Waals surface area contributed by atoms with Gasteiger partial charge in [0.1, 0.15) is 30.5 Å². The summed E-state index contributed by atoms with van der Waals surface area (Å²) in [5.41, 5.74) is 0.720. The third-order valence-corrected chi connectivity index (χ3v) is 2.78. The van der Waals surface area contributed by atoms with Gasteiger partial charge >= 0.3 is 5.97 Å². The number of carboxylic acids is 1. The van der Waals surface area contributed by atoms with Gasteiger partial charge in [-0.3, -0.25) is 0 Å². The molecule has 0 bridgehead atoms. The van der Waals surface area contributed by atoms with Crippen molar-refractivity contribution in [3.63, 3.8) is 0 Å². The molecule has 0 saturated heterocycles. The molecule has 0 aliphatic rings. The summed E-state index contributed by atoms with van der Waals surface area (Å²) in [7, 11) is 0. The maximum absolute atomic E-state index is 13.4. The van der Waals surface area contributed by atoms with Gasteiger partial charge in [0.2, 0.25) is 0 Å². The Kier molecular flexibility index (Phi) is 4.77. The molecule has 2 aromatic carbocycles. The minimum absolute atomic E-state index is 0.236. The van der Waals surface area contributed by atoms with Gasteiger partial charge in [-0.2, -0.15) is 0 Å². The molecule has 2 aromatic rings. The van der Waals surface area contributed by atoms with Crippen LogP contribution in [0.25, 0.3) is 0 Å². The van der Waals surface area contributed by atoms with Crippen molar-refractivity contribution in [3.8, 4) is 11.5 Å². The lowest BCUT2D eigenvalue weighted by Gasteiger charge is -2.09. The molecule has 5 heteroatoms. The molecule has 0 atom stereocenters. The van der Waals surface area contributed by atoms with E-state index in [1.165, 1.54) is 12.1 Å². The summed E-state index contributed by atoms with van der Waals surface area (Å²) >= 11 is 0. The summed E-state index contributed by atoms with van der Waals surface area (Å²) in [4.78, 5) is 10.7. The molecule has 0 saturated carbocycles. The largest absolute Gasteiger partial charge is 0.490 e. The van der Waals surface area contributed by atoms with Crippen LogP contribution in [0.5, 0.6) is 11.5 Å². The van der Waals surface area contributed by atoms with Gasteiger partial charge in [-0.1, -0.05) is 12.1 Å². The van der Waals surface area contributed by atoms with Gasteiger partial charge in [0.05, 0.1) is 5.56 Å². The summed E-state index contributed by atoms with van der Waals surface area (Å²) in [6, 6.07) is 11.3. The van der Waals surface area contributed by atoms with Crippen LogP contribution in [0.1, 0.15) is 15.9 Å². The summed E-state index contributed by atoms with van der Waals surface area (Å²) in [6.07, 6.45) is 0. The fourth-order valence-corrected chi connectivity index (χ4v) is 1.78. The van der Waals surface area contributed by atoms with Crippen molar-refractivity contribution in [2.24, 2.45) is 0 Å². The van der Waals surface area contributed by atoms with E-state index in [2.05, 4.69) is 0 Å². The van der Waals surface area contributed by atoms with E-state index < -0.39 is 11.8 Å². The SMILES string of the molecule is Cc1cccc(OCCOc2ccc(C(=O)O)c(F)c2)c1. The predicted octanol–water partition coefficient (Wildman–Crippen LogP) is 3.29. The monoisotopic (exact) mass is 290 g/mol. The molecule has 0 heterocycles. The molecule has 0 unspecified atom stereocenters. The number of hydrogen-bond donors (Lipinski definition) is 1. The third-order valence-electron chi connectivity index (χ3n) is 2.78. The summed E-state index contributed by atoms with van der Waals surface area (Å²) in [5, 5.41) is 8.72. The lowest BCUT2D eigenvalue weighted by molar-refractivity contribution is 0.0691. The Bertz CT molecular complexity index is 640. The number of carboxylic acid groups (broad SMARTS) is 1. The smallest absolute Gasteiger partial charge is 0.338 e. The summed E-state index contributed by atoms with van der Waals surface area (Å²) in [6.45, 7) is 2.52. The van der Waals surface area contributed by atoms with Gasteiger partial charge < -0.3 is 14.6 Å². The van der Waals surface area contributed by atoms with Crippen LogP contribution in [0.4, 0.5) is 4.39 Å². The van der Waals surface area contributed by atoms with Crippen LogP contribution in [0.3, 0.4) is 0 Å². The number of hydrogen-bond acceptors (Lipinski definition) is 3. The quantitative estimate of drug-likeness (QED) is 0.829. The van der Waals surface area contributed by atoms with Gasteiger partial charge in [0.25, 0.3) is 0 Å². The predicted molar refractivity (Wildman–Crippen MR) is 75.5 cm³/mol. The first kappa shape index (κ1) is 14.8. The molecule has 0 aliphatic heterocycles. The van der Waals surface area contributed by atoms with E-state index >= 15 is 0 Å². The minimum atomic E-state index is -1.30. The molecular weight excluding hydrogens is 275 g/mol. The van der Waals surface area contributed by atoms with Crippen molar-refractivity contribution in [1.29, 1.82) is 0 Å². The Morgan fingerprint density at radius 2 is 1.76 bits per heavy atom. The minimum Gasteiger partial charge on any atom is -0.490 e. The highest BCUT2D eigenvalue weighted by molar-refractivity contribution is 5.88. The molecule has 0 aliphatic carbocycles. The van der Waals surface area contributed by atoms with E-state index in [9.17, 15) is 9.18 Å². The van der Waals surface area contributed by atoms with Gasteiger partial charge in [0, 0.05) is 6.07 Å². The first-order valence-electron chi connectivity index (χ1n) is 6.41. The highest BCUT2D eigenvalue weighted by Crippen LogP contribution is 2.17. The van der Waals surface area contributed by atoms with Gasteiger partial charge in [-0.05, 0) is 36.8 Å². The molecular formula is C16H15FO4. The number of aryl methyl sites for hydroxylation is 1. The summed E-state index contributed by atoms with van der Waals surface area (Å²) < 4.78 is 24.2. The van der Waals surface area contributed by atoms with Gasteiger partial charge in [-0.15, -0.1) is 0 Å². The van der Waals surface area contributed by atoms with Crippen molar-refractivity contribution >= 4 is 5.97 Å². The van der Waals surface area contributed by atoms with Crippen molar-refractivity contribution in [3.05, 3.63) is 59.4 Å². The second-order valence-electron chi connectivity index (χ2n) is 4.46. The Labute approximate surface area is 121 Å². The highest BCUT2D eigenvalue weighted by Gasteiger charge is 2.10. The molecule has 0 spiro atoms. The molecule has 1 N–H and O–H groups in total. The van der Waals surface area contributed by atoms with Crippen LogP contribution in [-0.4, -0.2) is 24.3 Å². The fraction of sp³-hybridized carbons (Fsp3) is 0.188. The number of benzene rings is 2. The van der Waals surface area contributed by atoms with E-state index in [1.807, 2.05) is 31.2 Å². The van der Waals surface area contributed by atoms with Crippen molar-refractivity contribution in [2.75, 3.05) is 13.2 Å². The Balaban J connectivity index is 1.84. The Morgan fingerprint density at radius 1 is 1.10 bits per heavy atom. The Hall–Kier alpha value is -2.56. The molecule has 110 valence electrons. The van der Waals surface area contributed by atoms with Crippen molar-refractivity contribution in [1.82, 2.24) is 0 Å². The Morgan fingerprint density at radius 3 is 2.33 bits per heavy atom. The van der Waals surface area contributed by atoms with Crippen LogP contribution in [-0.2, 0) is 0 Å². The highest BCUT2D eigenvalue weighted by atomic mass is 19.1. The molecule has 4 nitrogen and oxygen atoms in total. The number of halogens is 1. The van der Waals surface area contributed by atoms with E-state index in [0.717, 1.165) is 17.4 Å². The van der Waals surface area contributed by atoms with E-state index in [-0.39, 0.29) is 17.9 Å². The van der Waals surface area contributed by atoms with Crippen LogP contribution in [0.2, 0.25) is 0 Å². The molecule has 2 rings (SSSR count). The average molecular weight is 290 g/mol. The zero-order chi connectivity index (χ0) is 15.2. The normalized spacial score (nSPS) is 10.2. The lowest BCUT2D eigenvalue weighted by Crippen LogP contribution is -2.09. The zero-order valence-electron chi connectivity index (χ0n) is 11.5. The number of aromatic carboxylic acids is 1. The number of carbonyl (C=O) groups is 1. The van der Waals surface area contributed by atoms with E-state index in [4.69, 9.17) is 14.6 Å². The van der Waals surface area contributed by atoms with E-state index in [1.54, 1.807) is 0 Å².